The molecule has 0 aliphatic rings. The van der Waals surface area contributed by atoms with Crippen LogP contribution in [0.2, 0.25) is 0 Å². The number of hydrogen-bond donors (Lipinski definition) is 2. The quantitative estimate of drug-likeness (QED) is 0.807. The van der Waals surface area contributed by atoms with Gasteiger partial charge in [-0.15, -0.1) is 0 Å². The Balaban J connectivity index is 1.86. The third kappa shape index (κ3) is 4.99. The van der Waals surface area contributed by atoms with Crippen LogP contribution in [0.1, 0.15) is 10.4 Å². The Kier molecular flexibility index (Phi) is 5.52. The second-order valence-electron chi connectivity index (χ2n) is 4.25. The van der Waals surface area contributed by atoms with E-state index in [1.54, 1.807) is 36.4 Å². The Labute approximate surface area is 139 Å². The number of carbonyl (C=O) groups is 2. The molecule has 21 heavy (non-hydrogen) atoms. The first-order valence-corrected chi connectivity index (χ1v) is 7.72. The minimum Gasteiger partial charge on any atom is -0.343 e. The number of hydrogen-bond acceptors (Lipinski definition) is 2. The van der Waals surface area contributed by atoms with Crippen molar-refractivity contribution in [3.63, 3.8) is 0 Å². The molecule has 0 aromatic heterocycles. The largest absolute Gasteiger partial charge is 0.343 e. The average molecular weight is 412 g/mol. The summed E-state index contributed by atoms with van der Waals surface area (Å²) >= 11 is 6.63. The van der Waals surface area contributed by atoms with E-state index >= 15 is 0 Å². The third-order valence-electron chi connectivity index (χ3n) is 2.62. The lowest BCUT2D eigenvalue weighted by molar-refractivity contribution is -0.115. The Morgan fingerprint density at radius 2 is 1.67 bits per heavy atom. The van der Waals surface area contributed by atoms with Crippen LogP contribution in [0.15, 0.2) is 57.5 Å². The van der Waals surface area contributed by atoms with Gasteiger partial charge in [-0.05, 0) is 42.5 Å². The molecule has 0 aliphatic heterocycles. The fraction of sp³-hybridized carbons (Fsp3) is 0.0667. The molecule has 0 spiro atoms. The molecule has 2 aromatic rings. The standard InChI is InChI=1S/C15H12Br2N2O2/c16-11-6-4-10(5-7-11)15(21)18-9-14(20)19-13-3-1-2-12(17)8-13/h1-8H,9H2,(H,18,21)(H,19,20). The fourth-order valence-electron chi connectivity index (χ4n) is 1.64. The van der Waals surface area contributed by atoms with Gasteiger partial charge in [0.1, 0.15) is 0 Å². The molecule has 6 heteroatoms. The lowest BCUT2D eigenvalue weighted by Crippen LogP contribution is -2.32. The first-order chi connectivity index (χ1) is 10.0. The number of carbonyl (C=O) groups excluding carboxylic acids is 2. The second-order valence-corrected chi connectivity index (χ2v) is 6.08. The number of benzene rings is 2. The predicted molar refractivity (Wildman–Crippen MR) is 89.2 cm³/mol. The van der Waals surface area contributed by atoms with E-state index in [9.17, 15) is 9.59 Å². The Morgan fingerprint density at radius 1 is 0.952 bits per heavy atom. The van der Waals surface area contributed by atoms with Crippen molar-refractivity contribution >= 4 is 49.4 Å². The molecule has 0 unspecified atom stereocenters. The molecular weight excluding hydrogens is 400 g/mol. The summed E-state index contributed by atoms with van der Waals surface area (Å²) in [5.74, 6) is -0.564. The van der Waals surface area contributed by atoms with Gasteiger partial charge in [-0.2, -0.15) is 0 Å². The monoisotopic (exact) mass is 410 g/mol. The van der Waals surface area contributed by atoms with Crippen LogP contribution in [0.25, 0.3) is 0 Å². The molecule has 0 aliphatic carbocycles. The van der Waals surface area contributed by atoms with Crippen LogP contribution < -0.4 is 10.6 Å². The van der Waals surface area contributed by atoms with E-state index in [1.165, 1.54) is 0 Å². The molecule has 0 fully saturated rings. The summed E-state index contributed by atoms with van der Waals surface area (Å²) in [6.45, 7) is -0.0819. The van der Waals surface area contributed by atoms with Crippen LogP contribution in [0.3, 0.4) is 0 Å². The number of anilines is 1. The molecule has 2 amide bonds. The highest BCUT2D eigenvalue weighted by atomic mass is 79.9. The fourth-order valence-corrected chi connectivity index (χ4v) is 2.30. The zero-order chi connectivity index (χ0) is 15.2. The van der Waals surface area contributed by atoms with Gasteiger partial charge in [-0.1, -0.05) is 37.9 Å². The zero-order valence-corrected chi connectivity index (χ0v) is 14.1. The first kappa shape index (κ1) is 15.7. The van der Waals surface area contributed by atoms with Gasteiger partial charge in [0.05, 0.1) is 6.54 Å². The van der Waals surface area contributed by atoms with Crippen molar-refractivity contribution in [2.45, 2.75) is 0 Å². The summed E-state index contributed by atoms with van der Waals surface area (Å²) in [6.07, 6.45) is 0. The van der Waals surface area contributed by atoms with Gasteiger partial charge in [0.25, 0.3) is 5.91 Å². The molecule has 0 radical (unpaired) electrons. The van der Waals surface area contributed by atoms with Crippen LogP contribution in [-0.4, -0.2) is 18.4 Å². The molecule has 108 valence electrons. The summed E-state index contributed by atoms with van der Waals surface area (Å²) in [7, 11) is 0. The van der Waals surface area contributed by atoms with Gasteiger partial charge >= 0.3 is 0 Å². The molecule has 0 saturated carbocycles. The zero-order valence-electron chi connectivity index (χ0n) is 10.9. The maximum atomic E-state index is 11.9. The van der Waals surface area contributed by atoms with Crippen molar-refractivity contribution in [3.05, 3.63) is 63.0 Å². The van der Waals surface area contributed by atoms with Gasteiger partial charge in [-0.25, -0.2) is 0 Å². The lowest BCUT2D eigenvalue weighted by atomic mass is 10.2. The van der Waals surface area contributed by atoms with Crippen LogP contribution in [0.5, 0.6) is 0 Å². The van der Waals surface area contributed by atoms with Gasteiger partial charge in [-0.3, -0.25) is 9.59 Å². The summed E-state index contributed by atoms with van der Waals surface area (Å²) in [4.78, 5) is 23.6. The van der Waals surface area contributed by atoms with Crippen molar-refractivity contribution in [2.75, 3.05) is 11.9 Å². The van der Waals surface area contributed by atoms with Crippen LogP contribution in [-0.2, 0) is 4.79 Å². The van der Waals surface area contributed by atoms with E-state index in [0.29, 0.717) is 11.3 Å². The predicted octanol–water partition coefficient (Wildman–Crippen LogP) is 3.58. The van der Waals surface area contributed by atoms with Gasteiger partial charge in [0.2, 0.25) is 5.91 Å². The minimum atomic E-state index is -0.285. The van der Waals surface area contributed by atoms with E-state index in [0.717, 1.165) is 8.95 Å². The molecule has 2 N–H and O–H groups in total. The lowest BCUT2D eigenvalue weighted by Gasteiger charge is -2.07. The van der Waals surface area contributed by atoms with Crippen LogP contribution in [0, 0.1) is 0 Å². The third-order valence-corrected chi connectivity index (χ3v) is 3.65. The molecule has 0 atom stereocenters. The number of rotatable bonds is 4. The molecule has 0 heterocycles. The smallest absolute Gasteiger partial charge is 0.251 e. The van der Waals surface area contributed by atoms with Crippen LogP contribution >= 0.6 is 31.9 Å². The summed E-state index contributed by atoms with van der Waals surface area (Å²) in [6, 6.07) is 14.2. The molecule has 2 rings (SSSR count). The number of nitrogens with one attached hydrogen (secondary N) is 2. The van der Waals surface area contributed by atoms with E-state index in [-0.39, 0.29) is 18.4 Å². The van der Waals surface area contributed by atoms with Crippen molar-refractivity contribution in [1.82, 2.24) is 5.32 Å². The Hall–Kier alpha value is -1.66. The highest BCUT2D eigenvalue weighted by molar-refractivity contribution is 9.10. The first-order valence-electron chi connectivity index (χ1n) is 6.14. The van der Waals surface area contributed by atoms with Gasteiger partial charge in [0, 0.05) is 20.2 Å². The van der Waals surface area contributed by atoms with E-state index in [4.69, 9.17) is 0 Å². The average Bonchev–Trinajstić information content (AvgIpc) is 2.45. The second kappa shape index (κ2) is 7.38. The van der Waals surface area contributed by atoms with Gasteiger partial charge in [0.15, 0.2) is 0 Å². The molecule has 0 bridgehead atoms. The highest BCUT2D eigenvalue weighted by Crippen LogP contribution is 2.15. The normalized spacial score (nSPS) is 10.0. The molecule has 4 nitrogen and oxygen atoms in total. The highest BCUT2D eigenvalue weighted by Gasteiger charge is 2.08. The van der Waals surface area contributed by atoms with Crippen molar-refractivity contribution < 1.29 is 9.59 Å². The number of amides is 2. The van der Waals surface area contributed by atoms with Crippen molar-refractivity contribution in [2.24, 2.45) is 0 Å². The van der Waals surface area contributed by atoms with E-state index in [2.05, 4.69) is 42.5 Å². The molecule has 2 aromatic carbocycles. The molecule has 0 saturated heterocycles. The maximum absolute atomic E-state index is 11.9. The summed E-state index contributed by atoms with van der Waals surface area (Å²) in [5, 5.41) is 5.28. The number of halogens is 2. The summed E-state index contributed by atoms with van der Waals surface area (Å²) in [5.41, 5.74) is 1.18. The maximum Gasteiger partial charge on any atom is 0.251 e. The van der Waals surface area contributed by atoms with E-state index in [1.807, 2.05) is 12.1 Å². The SMILES string of the molecule is O=C(CNC(=O)c1ccc(Br)cc1)Nc1cccc(Br)c1. The summed E-state index contributed by atoms with van der Waals surface area (Å²) < 4.78 is 1.77. The van der Waals surface area contributed by atoms with E-state index < -0.39 is 0 Å². The van der Waals surface area contributed by atoms with Crippen molar-refractivity contribution in [1.29, 1.82) is 0 Å². The Morgan fingerprint density at radius 3 is 2.33 bits per heavy atom. The van der Waals surface area contributed by atoms with Gasteiger partial charge < -0.3 is 10.6 Å². The Bertz CT molecular complexity index is 657. The topological polar surface area (TPSA) is 58.2 Å². The molecular formula is C15H12Br2N2O2. The van der Waals surface area contributed by atoms with Crippen LogP contribution in [0.4, 0.5) is 5.69 Å². The minimum absolute atomic E-state index is 0.0819. The van der Waals surface area contributed by atoms with Crippen molar-refractivity contribution in [3.8, 4) is 0 Å².